The number of nitrogens with zero attached hydrogens (tertiary/aromatic N) is 1. The van der Waals surface area contributed by atoms with Crippen LogP contribution >= 0.6 is 0 Å². The van der Waals surface area contributed by atoms with E-state index in [1.54, 1.807) is 0 Å². The summed E-state index contributed by atoms with van der Waals surface area (Å²) in [6, 6.07) is 0. The summed E-state index contributed by atoms with van der Waals surface area (Å²) < 4.78 is 5.53. The van der Waals surface area contributed by atoms with E-state index < -0.39 is 11.7 Å². The van der Waals surface area contributed by atoms with Gasteiger partial charge in [0.2, 0.25) is 0 Å². The van der Waals surface area contributed by atoms with Crippen LogP contribution in [0.5, 0.6) is 0 Å². The molecule has 7 atom stereocenters. The predicted molar refractivity (Wildman–Crippen MR) is 133 cm³/mol. The van der Waals surface area contributed by atoms with Crippen molar-refractivity contribution in [2.45, 2.75) is 104 Å². The van der Waals surface area contributed by atoms with Crippen LogP contribution in [0.4, 0.5) is 0 Å². The van der Waals surface area contributed by atoms with E-state index in [1.807, 2.05) is 13.3 Å². The number of carbonyl (C=O) groups is 1. The molecule has 2 saturated carbocycles. The molecule has 0 spiro atoms. The van der Waals surface area contributed by atoms with E-state index in [-0.39, 0.29) is 17.8 Å². The van der Waals surface area contributed by atoms with Gasteiger partial charge in [-0.1, -0.05) is 46.1 Å². The second kappa shape index (κ2) is 10.0. The molecule has 1 aliphatic heterocycles. The van der Waals surface area contributed by atoms with Gasteiger partial charge in [-0.05, 0) is 86.7 Å². The van der Waals surface area contributed by atoms with Crippen molar-refractivity contribution < 1.29 is 14.6 Å². The zero-order chi connectivity index (χ0) is 23.8. The maximum atomic E-state index is 11.8. The lowest BCUT2D eigenvalue weighted by molar-refractivity contribution is -0.148. The van der Waals surface area contributed by atoms with E-state index in [2.05, 4.69) is 31.7 Å². The van der Waals surface area contributed by atoms with E-state index in [0.717, 1.165) is 24.5 Å². The van der Waals surface area contributed by atoms with Gasteiger partial charge in [-0.25, -0.2) is 0 Å². The molecular formula is C29H48NO3. The van der Waals surface area contributed by atoms with Gasteiger partial charge in [0.25, 0.3) is 0 Å². The van der Waals surface area contributed by atoms with Gasteiger partial charge in [-0.3, -0.25) is 4.79 Å². The van der Waals surface area contributed by atoms with Crippen molar-refractivity contribution in [1.82, 2.24) is 4.90 Å². The van der Waals surface area contributed by atoms with E-state index in [9.17, 15) is 9.90 Å². The molecule has 1 heterocycles. The number of carbonyl (C=O) groups excluding carboxylic acids is 1. The number of hydrogen-bond donors (Lipinski definition) is 1. The summed E-state index contributed by atoms with van der Waals surface area (Å²) in [6.07, 6.45) is 15.8. The molecule has 0 bridgehead atoms. The minimum atomic E-state index is -0.894. The first-order valence-corrected chi connectivity index (χ1v) is 13.8. The maximum absolute atomic E-state index is 11.8. The van der Waals surface area contributed by atoms with Crippen LogP contribution in [0.1, 0.15) is 92.4 Å². The third-order valence-corrected chi connectivity index (χ3v) is 10.00. The molecule has 187 valence electrons. The van der Waals surface area contributed by atoms with Crippen LogP contribution in [-0.2, 0) is 9.53 Å². The van der Waals surface area contributed by atoms with Crippen molar-refractivity contribution in [3.63, 3.8) is 0 Å². The Labute approximate surface area is 202 Å². The Balaban J connectivity index is 1.46. The van der Waals surface area contributed by atoms with E-state index in [4.69, 9.17) is 4.74 Å². The largest absolute Gasteiger partial charge is 0.458 e. The topological polar surface area (TPSA) is 49.8 Å². The molecule has 4 heteroatoms. The summed E-state index contributed by atoms with van der Waals surface area (Å²) in [5.41, 5.74) is 0.649. The van der Waals surface area contributed by atoms with E-state index >= 15 is 0 Å². The number of fused-ring (bicyclic) bond motifs is 1. The van der Waals surface area contributed by atoms with Crippen molar-refractivity contribution in [1.29, 1.82) is 0 Å². The minimum Gasteiger partial charge on any atom is -0.458 e. The van der Waals surface area contributed by atoms with Crippen molar-refractivity contribution in [2.24, 2.45) is 35.0 Å². The summed E-state index contributed by atoms with van der Waals surface area (Å²) >= 11 is 0. The highest BCUT2D eigenvalue weighted by Gasteiger charge is 2.53. The number of aliphatic hydroxyl groups is 1. The second-order valence-corrected chi connectivity index (χ2v) is 12.5. The third kappa shape index (κ3) is 5.22. The zero-order valence-corrected chi connectivity index (χ0v) is 21.8. The molecule has 1 saturated heterocycles. The van der Waals surface area contributed by atoms with E-state index in [0.29, 0.717) is 17.3 Å². The molecule has 0 aromatic carbocycles. The first kappa shape index (κ1) is 25.2. The van der Waals surface area contributed by atoms with Crippen LogP contribution in [0.2, 0.25) is 0 Å². The molecular weight excluding hydrogens is 410 g/mol. The van der Waals surface area contributed by atoms with Gasteiger partial charge in [-0.15, -0.1) is 0 Å². The number of hydrogen-bond acceptors (Lipinski definition) is 4. The standard InChI is InChI=1S/C29H48NO3/c1-20-16-26-25(13-12-22(3)29(26,32)17-27(20)33-23(4)31)21(2)18-30-15-9-14-28(5,19-30)24-10-7-6-8-11-24/h16-17,21-22,24-27,32H,6-15,18-19H2,1-5H3/t21?,22-,25+,26-,27-,28?,29-/m1/s1. The highest BCUT2D eigenvalue weighted by Crippen LogP contribution is 2.51. The summed E-state index contributed by atoms with van der Waals surface area (Å²) in [5, 5.41) is 11.8. The maximum Gasteiger partial charge on any atom is 0.303 e. The van der Waals surface area contributed by atoms with Crippen molar-refractivity contribution in [2.75, 3.05) is 19.6 Å². The van der Waals surface area contributed by atoms with Gasteiger partial charge in [0.05, 0.1) is 5.60 Å². The molecule has 4 nitrogen and oxygen atoms in total. The Morgan fingerprint density at radius 1 is 1.21 bits per heavy atom. The third-order valence-electron chi connectivity index (χ3n) is 10.00. The van der Waals surface area contributed by atoms with Crippen LogP contribution in [0.15, 0.2) is 11.6 Å². The average molecular weight is 459 g/mol. The first-order chi connectivity index (χ1) is 15.6. The van der Waals surface area contributed by atoms with Crippen molar-refractivity contribution in [3.05, 3.63) is 18.1 Å². The molecule has 33 heavy (non-hydrogen) atoms. The quantitative estimate of drug-likeness (QED) is 0.418. The molecule has 1 radical (unpaired) electrons. The normalized spacial score (nSPS) is 41.7. The Kier molecular flexibility index (Phi) is 7.65. The van der Waals surface area contributed by atoms with Gasteiger partial charge >= 0.3 is 5.97 Å². The molecule has 0 amide bonds. The first-order valence-electron chi connectivity index (χ1n) is 13.8. The van der Waals surface area contributed by atoms with E-state index in [1.165, 1.54) is 71.4 Å². The predicted octanol–water partition coefficient (Wildman–Crippen LogP) is 5.79. The molecule has 1 N–H and O–H groups in total. The minimum absolute atomic E-state index is 0.109. The van der Waals surface area contributed by atoms with Gasteiger partial charge in [0, 0.05) is 32.4 Å². The Hall–Kier alpha value is -0.870. The van der Waals surface area contributed by atoms with Crippen molar-refractivity contribution >= 4 is 5.97 Å². The fourth-order valence-electron chi connectivity index (χ4n) is 7.96. The Bertz CT molecular complexity index is 728. The molecule has 0 aromatic rings. The zero-order valence-electron chi connectivity index (χ0n) is 21.8. The summed E-state index contributed by atoms with van der Waals surface area (Å²) in [5.74, 6) is 1.90. The van der Waals surface area contributed by atoms with Crippen LogP contribution in [0.3, 0.4) is 0 Å². The smallest absolute Gasteiger partial charge is 0.303 e. The number of piperidine rings is 1. The summed E-state index contributed by atoms with van der Waals surface area (Å²) in [7, 11) is 0. The number of ether oxygens (including phenoxy) is 1. The molecule has 3 aliphatic carbocycles. The van der Waals surface area contributed by atoms with Gasteiger partial charge in [0.1, 0.15) is 6.10 Å². The Morgan fingerprint density at radius 2 is 1.94 bits per heavy atom. The molecule has 0 aromatic heterocycles. The molecule has 3 fully saturated rings. The number of rotatable bonds is 5. The van der Waals surface area contributed by atoms with Crippen LogP contribution in [-0.4, -0.2) is 47.3 Å². The average Bonchev–Trinajstić information content (AvgIpc) is 2.76. The lowest BCUT2D eigenvalue weighted by atomic mass is 9.56. The van der Waals surface area contributed by atoms with Gasteiger partial charge in [-0.2, -0.15) is 0 Å². The summed E-state index contributed by atoms with van der Waals surface area (Å²) in [6.45, 7) is 14.2. The SMILES string of the molecule is CC(=O)O[C@@H]1[CH][C@@]2(O)[C@H](C)CC[C@@H](C(C)CN3CCCC(C)(C4CCCCC4)C3)[C@H]2C=C1C. The highest BCUT2D eigenvalue weighted by atomic mass is 16.5. The number of esters is 1. The summed E-state index contributed by atoms with van der Waals surface area (Å²) in [4.78, 5) is 14.4. The van der Waals surface area contributed by atoms with Crippen LogP contribution in [0.25, 0.3) is 0 Å². The van der Waals surface area contributed by atoms with Gasteiger partial charge < -0.3 is 14.7 Å². The van der Waals surface area contributed by atoms with Crippen LogP contribution < -0.4 is 0 Å². The fraction of sp³-hybridized carbons (Fsp3) is 0.862. The molecule has 4 rings (SSSR count). The molecule has 2 unspecified atom stereocenters. The highest BCUT2D eigenvalue weighted by molar-refractivity contribution is 5.66. The number of likely N-dealkylation sites (tertiary alicyclic amines) is 1. The van der Waals surface area contributed by atoms with Crippen LogP contribution in [0, 0.1) is 41.4 Å². The van der Waals surface area contributed by atoms with Crippen molar-refractivity contribution in [3.8, 4) is 0 Å². The second-order valence-electron chi connectivity index (χ2n) is 12.5. The van der Waals surface area contributed by atoms with Gasteiger partial charge in [0.15, 0.2) is 0 Å². The Morgan fingerprint density at radius 3 is 2.64 bits per heavy atom. The monoisotopic (exact) mass is 458 g/mol. The lowest BCUT2D eigenvalue weighted by Gasteiger charge is -2.53. The fourth-order valence-corrected chi connectivity index (χ4v) is 7.96. The lowest BCUT2D eigenvalue weighted by Crippen LogP contribution is -2.57. The molecule has 4 aliphatic rings.